The van der Waals surface area contributed by atoms with Crippen LogP contribution in [0.4, 0.5) is 4.79 Å². The summed E-state index contributed by atoms with van der Waals surface area (Å²) in [6.07, 6.45) is 1.60. The lowest BCUT2D eigenvalue weighted by atomic mass is 9.79. The van der Waals surface area contributed by atoms with Crippen LogP contribution >= 0.6 is 118 Å². The van der Waals surface area contributed by atoms with Gasteiger partial charge < -0.3 is 77.6 Å². The number of carbonyl (C=O) groups excluding carboxylic acids is 14. The maximum atomic E-state index is 14.3. The van der Waals surface area contributed by atoms with E-state index < -0.39 is 131 Å². The molecule has 9 amide bonds. The van der Waals surface area contributed by atoms with Crippen molar-refractivity contribution in [2.45, 2.75) is 200 Å². The van der Waals surface area contributed by atoms with Crippen LogP contribution in [0.15, 0.2) is 72.9 Å². The summed E-state index contributed by atoms with van der Waals surface area (Å²) in [5.74, 6) is -0.774. The second kappa shape index (κ2) is 37.1. The van der Waals surface area contributed by atoms with Crippen molar-refractivity contribution >= 4 is 200 Å². The molecule has 0 radical (unpaired) electrons. The van der Waals surface area contributed by atoms with Gasteiger partial charge in [-0.15, -0.1) is 11.6 Å². The molecule has 10 saturated heterocycles. The van der Waals surface area contributed by atoms with Gasteiger partial charge in [-0.05, 0) is 167 Å². The summed E-state index contributed by atoms with van der Waals surface area (Å²) >= 11 is 18.1. The number of pyridine rings is 1. The molecule has 1 aromatic heterocycles. The Hall–Kier alpha value is -9.71. The Morgan fingerprint density at radius 1 is 0.466 bits per heavy atom. The Kier molecular flexibility index (Phi) is 28.9. The van der Waals surface area contributed by atoms with Gasteiger partial charge in [0.15, 0.2) is 93.9 Å². The Balaban J connectivity index is 0.000000170. The summed E-state index contributed by atoms with van der Waals surface area (Å²) in [5.41, 5.74) is -1.90. The van der Waals surface area contributed by atoms with Gasteiger partial charge in [0.25, 0.3) is 52.5 Å². The van der Waals surface area contributed by atoms with Crippen molar-refractivity contribution in [2.24, 2.45) is 21.7 Å². The Bertz CT molecular complexity index is 5830. The third kappa shape index (κ3) is 16.5. The molecule has 16 atom stereocenters. The number of amides is 9. The highest BCUT2D eigenvalue weighted by molar-refractivity contribution is 8.48. The molecule has 14 heterocycles. The number of benzene rings is 3. The molecule has 1 spiro atoms. The van der Waals surface area contributed by atoms with Crippen molar-refractivity contribution in [3.05, 3.63) is 101 Å². The number of thiocarbonyl (C=S) groups is 1. The van der Waals surface area contributed by atoms with Crippen LogP contribution in [0.3, 0.4) is 0 Å². The number of ether oxygens (including phenoxy) is 6. The molecule has 13 aliphatic heterocycles. The largest absolute Gasteiger partial charge is 0.454 e. The van der Waals surface area contributed by atoms with Crippen LogP contribution in [0, 0.1) is 67.0 Å². The number of thioether (sulfide) groups is 8. The second-order valence-electron chi connectivity index (χ2n) is 34.7. The predicted molar refractivity (Wildman–Crippen MR) is 504 cm³/mol. The number of piperazine rings is 4. The van der Waals surface area contributed by atoms with Crippen LogP contribution in [0.1, 0.15) is 182 Å². The lowest BCUT2D eigenvalue weighted by Gasteiger charge is -2.52. The van der Waals surface area contributed by atoms with Crippen molar-refractivity contribution in [1.29, 1.82) is 21.0 Å². The highest BCUT2D eigenvalue weighted by atomic mass is 35.5. The van der Waals surface area contributed by atoms with E-state index in [-0.39, 0.29) is 112 Å². The third-order valence-electron chi connectivity index (χ3n) is 25.6. The van der Waals surface area contributed by atoms with E-state index in [1.807, 2.05) is 6.07 Å². The van der Waals surface area contributed by atoms with E-state index >= 15 is 0 Å². The van der Waals surface area contributed by atoms with E-state index in [2.05, 4.69) is 29.3 Å². The zero-order chi connectivity index (χ0) is 96.5. The Morgan fingerprint density at radius 3 is 1.16 bits per heavy atom. The number of nitrogens with zero attached hydrogens (tertiary/aromatic N) is 14. The number of likely N-dealkylation sites (N-methyl/N-ethyl adjacent to an activating group) is 4. The number of aromatic nitrogens is 1. The lowest BCUT2D eigenvalue weighted by molar-refractivity contribution is -0.163. The fraction of sp³-hybridized carbons (Fsp3) is 0.523. The van der Waals surface area contributed by atoms with Crippen molar-refractivity contribution in [3.63, 3.8) is 0 Å². The summed E-state index contributed by atoms with van der Waals surface area (Å²) in [6, 6.07) is 24.8. The highest BCUT2D eigenvalue weighted by Gasteiger charge is 2.78. The lowest BCUT2D eigenvalue weighted by Crippen LogP contribution is -2.71. The molecule has 3 aromatic carbocycles. The molecule has 13 aliphatic rings. The van der Waals surface area contributed by atoms with Crippen molar-refractivity contribution in [3.8, 4) is 58.8 Å². The summed E-state index contributed by atoms with van der Waals surface area (Å²) in [5, 5.41) is 48.0. The van der Waals surface area contributed by atoms with Crippen LogP contribution in [0.25, 0.3) is 0 Å². The minimum Gasteiger partial charge on any atom is -0.454 e. The first-order valence-corrected chi connectivity index (χ1v) is 48.1. The molecule has 2 bridgehead atoms. The molecule has 10 fully saturated rings. The summed E-state index contributed by atoms with van der Waals surface area (Å²) < 4.78 is 33.3. The number of nitriles is 4. The Labute approximate surface area is 813 Å². The molecule has 17 rings (SSSR count). The van der Waals surface area contributed by atoms with Gasteiger partial charge in [0.1, 0.15) is 3.53 Å². The normalized spacial score (nSPS) is 32.4. The Morgan fingerprint density at radius 2 is 0.812 bits per heavy atom. The number of aliphatic hydroxyl groups is 1. The minimum absolute atomic E-state index is 0. The van der Waals surface area contributed by atoms with E-state index in [0.717, 1.165) is 64.4 Å². The average Bonchev–Trinajstić information content (AvgIpc) is 1.55. The van der Waals surface area contributed by atoms with Crippen molar-refractivity contribution in [2.75, 3.05) is 68.5 Å². The third-order valence-corrected chi connectivity index (χ3v) is 36.5. The van der Waals surface area contributed by atoms with Gasteiger partial charge in [0.2, 0.25) is 25.5 Å². The fourth-order valence-electron chi connectivity index (χ4n) is 19.1. The predicted octanol–water partition coefficient (Wildman–Crippen LogP) is 12.0. The topological polar surface area (TPSA) is 452 Å². The summed E-state index contributed by atoms with van der Waals surface area (Å²) in [6.45, 7) is 18.6. The summed E-state index contributed by atoms with van der Waals surface area (Å²) in [4.78, 5) is 190. The highest BCUT2D eigenvalue weighted by Crippen LogP contribution is 2.69. The van der Waals surface area contributed by atoms with Gasteiger partial charge in [0.05, 0.1) is 88.3 Å². The van der Waals surface area contributed by atoms with Gasteiger partial charge in [-0.2, -0.15) is 21.0 Å². The minimum atomic E-state index is -1.70. The number of carbonyl (C=O) groups is 14. The van der Waals surface area contributed by atoms with Crippen LogP contribution in [-0.2, 0) is 68.9 Å². The van der Waals surface area contributed by atoms with E-state index in [4.69, 9.17) is 52.2 Å². The van der Waals surface area contributed by atoms with Crippen LogP contribution < -0.4 is 28.4 Å². The molecule has 4 unspecified atom stereocenters. The van der Waals surface area contributed by atoms with Gasteiger partial charge in [0, 0.05) is 101 Å². The van der Waals surface area contributed by atoms with Gasteiger partial charge in [-0.3, -0.25) is 72.1 Å². The molecule has 1 N–H and O–H groups in total. The van der Waals surface area contributed by atoms with Crippen molar-refractivity contribution < 1.29 is 101 Å². The van der Waals surface area contributed by atoms with Gasteiger partial charge in [-0.25, -0.2) is 0 Å². The SMILES string of the molecule is C.C.CC(=O)S[C@@]1(C)C(=O)N2C(c3ccc(CO)nc3)[C@@](C)(C#N)C[C@]2(SC(C)=O)C(=O)N1C.CC(=O)S[C@@]1(C)C(=O)N2C(c3ccc4c(c3)OCO4)[C@@](C)(C#N)C[C@]2(SC(=O)N(C)C)C(=O)N1C.CCC(=O)S[C@@]1(C)C(=O)N2C(c3ccc4c(c3)OCO4)[C@@](C)(C#N)C[C@]2(SC(=O)CCl)C(=O)N1C.CN1C(=O)[C@@]23C[C@](C)(C#N)C(c4ccc5c(c4)OCO5)N2C(=O)[C@]1(C)SC(=S)S3. The summed E-state index contributed by atoms with van der Waals surface area (Å²) in [7, 11) is 9.08. The quantitative estimate of drug-likeness (QED) is 0.0959. The molecule has 708 valence electrons. The zero-order valence-electron chi connectivity index (χ0n) is 74.2. The number of rotatable bonds is 13. The molecule has 0 saturated carbocycles. The molecular weight excluding hydrogens is 1910 g/mol. The number of aliphatic hydroxyl groups excluding tert-OH is 1. The van der Waals surface area contributed by atoms with Crippen LogP contribution in [-0.4, -0.2) is 243 Å². The molecule has 45 heteroatoms. The maximum absolute atomic E-state index is 14.3. The van der Waals surface area contributed by atoms with E-state index in [9.17, 15) is 93.3 Å². The van der Waals surface area contributed by atoms with Crippen LogP contribution in [0.2, 0.25) is 0 Å². The maximum Gasteiger partial charge on any atom is 0.283 e. The molecule has 35 nitrogen and oxygen atoms in total. The number of hydrogen-bond acceptors (Lipinski definition) is 35. The number of fused-ring (bicyclic) bond motifs is 9. The van der Waals surface area contributed by atoms with Gasteiger partial charge >= 0.3 is 0 Å². The molecule has 4 aromatic rings. The first-order valence-electron chi connectivity index (χ1n) is 40.6. The molecule has 133 heavy (non-hydrogen) atoms. The fourth-order valence-corrected chi connectivity index (χ4v) is 30.0. The molecule has 0 aliphatic carbocycles. The average molecular weight is 2010 g/mol. The number of hydrogen-bond donors (Lipinski definition) is 1. The van der Waals surface area contributed by atoms with E-state index in [1.54, 1.807) is 128 Å². The van der Waals surface area contributed by atoms with E-state index in [0.29, 0.717) is 72.2 Å². The van der Waals surface area contributed by atoms with E-state index in [1.165, 1.54) is 132 Å². The number of halogens is 1. The standard InChI is InChI=1S/C23H24ClN3O6S2.C23H26N4O6S2.C21H24N4O5S2.C19H17N3O4S3.2CH4/c1-5-16(28)34-22(3)19(30)27-18(13-6-7-14-15(8-13)33-12-32-14)21(2,11-25)10-23(27,20(31)26(22)4)35-17(29)9-24;1-13(28)34-22(3)18(29)27-17(14-7-8-15-16(9-14)33-12-32-15)21(2,11-24)10-23(27,19(30)26(22)6)35-20(31)25(4)5;1-12(27)31-20(4)17(29)25-16(14-6-7-15(9-26)23-8-14)19(3,11-22)10-21(25,32-13(2)28)18(30)24(20)5;1-17(8-20)7-19-15(24)21(3)18(2,28-16(27)29-19)14(23)22(19)13(17)10-4-5-11-12(6-10)26-9-25-11;;/h6-8,18H,5,9-10,12H2,1-4H3;7-9,17H,10,12H2,1-6H3;6-8,16,26H,9-10H2,1-5H3;4-6,13H,7,9H2,1-3H3;2*1H4/t18?,21-,22+,23+;17?,21-,22+,23+;16?,19-,20+,21+;13?,17-,18+,19+;;/m1111../s1. The second-order valence-corrected chi connectivity index (χ2v) is 47.4. The molecular formula is C88H99ClN14O21S9. The van der Waals surface area contributed by atoms with Crippen LogP contribution in [0.5, 0.6) is 34.5 Å². The monoisotopic (exact) mass is 2010 g/mol. The van der Waals surface area contributed by atoms with Crippen molar-refractivity contribution in [1.82, 2.24) is 49.1 Å². The zero-order valence-corrected chi connectivity index (χ0v) is 82.3. The number of alkyl halides is 1. The van der Waals surface area contributed by atoms with Gasteiger partial charge in [-0.1, -0.05) is 105 Å². The first-order chi connectivity index (χ1) is 61.3. The smallest absolute Gasteiger partial charge is 0.283 e. The first kappa shape index (κ1) is 104.